The van der Waals surface area contributed by atoms with Crippen molar-refractivity contribution in [1.29, 1.82) is 0 Å². The summed E-state index contributed by atoms with van der Waals surface area (Å²) in [5, 5.41) is 0. The average molecular weight is 388 g/mol. The van der Waals surface area contributed by atoms with Gasteiger partial charge in [-0.1, -0.05) is 18.2 Å². The van der Waals surface area contributed by atoms with Crippen LogP contribution in [0.1, 0.15) is 12.8 Å². The zero-order chi connectivity index (χ0) is 19.7. The second kappa shape index (κ2) is 7.46. The fraction of sp³-hybridized carbons (Fsp3) is 0.300. The lowest BCUT2D eigenvalue weighted by Crippen LogP contribution is -2.33. The van der Waals surface area contributed by atoms with Crippen LogP contribution in [-0.4, -0.2) is 35.1 Å². The van der Waals surface area contributed by atoms with Gasteiger partial charge >= 0.3 is 12.4 Å². The fourth-order valence-electron chi connectivity index (χ4n) is 3.42. The van der Waals surface area contributed by atoms with Crippen LogP contribution in [0.2, 0.25) is 0 Å². The number of ether oxygens (including phenoxy) is 1. The molecule has 0 radical (unpaired) electrons. The van der Waals surface area contributed by atoms with Crippen LogP contribution in [0.5, 0.6) is 5.75 Å². The topological polar surface area (TPSA) is 64.7 Å². The number of oxazole rings is 1. The van der Waals surface area contributed by atoms with Gasteiger partial charge in [0.25, 0.3) is 0 Å². The standard InChI is InChI=1S/C20H18F2N2O4/c21-19(22)27-15-6-3-13(4-7-15)14-5-8-17-16(11-14)24(20(26)28-17)12-18(25)23-9-1-2-10-23/h3-8,11,19H,1-2,9-10,12H2. The number of carbonyl (C=O) groups is 1. The molecule has 1 saturated heterocycles. The molecule has 3 aromatic rings. The lowest BCUT2D eigenvalue weighted by Gasteiger charge is -2.15. The van der Waals surface area contributed by atoms with Crippen LogP contribution in [0.3, 0.4) is 0 Å². The molecule has 4 rings (SSSR count). The van der Waals surface area contributed by atoms with Crippen molar-refractivity contribution in [2.24, 2.45) is 0 Å². The number of hydrogen-bond acceptors (Lipinski definition) is 4. The highest BCUT2D eigenvalue weighted by Crippen LogP contribution is 2.26. The molecule has 0 aliphatic carbocycles. The molecule has 8 heteroatoms. The molecule has 1 aromatic heterocycles. The van der Waals surface area contributed by atoms with Crippen LogP contribution >= 0.6 is 0 Å². The van der Waals surface area contributed by atoms with Crippen LogP contribution in [0.4, 0.5) is 8.78 Å². The van der Waals surface area contributed by atoms with Gasteiger partial charge in [-0.05, 0) is 48.2 Å². The summed E-state index contributed by atoms with van der Waals surface area (Å²) in [6.45, 7) is -1.53. The highest BCUT2D eigenvalue weighted by molar-refractivity contribution is 5.83. The summed E-state index contributed by atoms with van der Waals surface area (Å²) in [5.41, 5.74) is 2.43. The highest BCUT2D eigenvalue weighted by atomic mass is 19.3. The second-order valence-electron chi connectivity index (χ2n) is 6.63. The van der Waals surface area contributed by atoms with Gasteiger partial charge in [-0.15, -0.1) is 0 Å². The van der Waals surface area contributed by atoms with Crippen molar-refractivity contribution in [2.45, 2.75) is 26.0 Å². The van der Waals surface area contributed by atoms with Gasteiger partial charge in [-0.25, -0.2) is 4.79 Å². The Bertz CT molecular complexity index is 1050. The lowest BCUT2D eigenvalue weighted by molar-refractivity contribution is -0.130. The van der Waals surface area contributed by atoms with Crippen molar-refractivity contribution in [2.75, 3.05) is 13.1 Å². The zero-order valence-corrected chi connectivity index (χ0v) is 14.9. The summed E-state index contributed by atoms with van der Waals surface area (Å²) >= 11 is 0. The van der Waals surface area contributed by atoms with Crippen molar-refractivity contribution < 1.29 is 22.7 Å². The first-order valence-electron chi connectivity index (χ1n) is 8.98. The van der Waals surface area contributed by atoms with Crippen LogP contribution in [0.15, 0.2) is 51.7 Å². The molecule has 0 N–H and O–H groups in total. The lowest BCUT2D eigenvalue weighted by atomic mass is 10.1. The van der Waals surface area contributed by atoms with Gasteiger partial charge in [0, 0.05) is 13.1 Å². The number of rotatable bonds is 5. The molecule has 0 bridgehead atoms. The minimum atomic E-state index is -2.88. The number of halogens is 2. The Morgan fingerprint density at radius 2 is 1.75 bits per heavy atom. The molecule has 6 nitrogen and oxygen atoms in total. The number of carbonyl (C=O) groups excluding carboxylic acids is 1. The maximum atomic E-state index is 12.4. The van der Waals surface area contributed by atoms with Crippen LogP contribution in [0, 0.1) is 0 Å². The number of benzene rings is 2. The van der Waals surface area contributed by atoms with Crippen molar-refractivity contribution in [1.82, 2.24) is 9.47 Å². The fourth-order valence-corrected chi connectivity index (χ4v) is 3.42. The normalized spacial score (nSPS) is 14.2. The highest BCUT2D eigenvalue weighted by Gasteiger charge is 2.21. The average Bonchev–Trinajstić information content (AvgIpc) is 3.30. The van der Waals surface area contributed by atoms with Crippen molar-refractivity contribution >= 4 is 17.0 Å². The number of nitrogens with zero attached hydrogens (tertiary/aromatic N) is 2. The third-order valence-electron chi connectivity index (χ3n) is 4.83. The van der Waals surface area contributed by atoms with Gasteiger partial charge in [0.1, 0.15) is 12.3 Å². The molecular formula is C20H18F2N2O4. The molecule has 28 heavy (non-hydrogen) atoms. The Hall–Kier alpha value is -3.16. The summed E-state index contributed by atoms with van der Waals surface area (Å²) in [4.78, 5) is 26.4. The Morgan fingerprint density at radius 3 is 2.43 bits per heavy atom. The molecule has 1 aliphatic heterocycles. The quantitative estimate of drug-likeness (QED) is 0.671. The van der Waals surface area contributed by atoms with Crippen molar-refractivity contribution in [3.05, 3.63) is 53.0 Å². The number of alkyl halides is 2. The largest absolute Gasteiger partial charge is 0.435 e. The zero-order valence-electron chi connectivity index (χ0n) is 14.9. The van der Waals surface area contributed by atoms with Gasteiger partial charge in [-0.3, -0.25) is 9.36 Å². The van der Waals surface area contributed by atoms with E-state index in [-0.39, 0.29) is 18.2 Å². The van der Waals surface area contributed by atoms with E-state index in [1.807, 2.05) is 0 Å². The van der Waals surface area contributed by atoms with Gasteiger partial charge < -0.3 is 14.1 Å². The molecule has 2 heterocycles. The maximum Gasteiger partial charge on any atom is 0.420 e. The van der Waals surface area contributed by atoms with E-state index in [9.17, 15) is 18.4 Å². The maximum absolute atomic E-state index is 12.4. The monoisotopic (exact) mass is 388 g/mol. The first-order chi connectivity index (χ1) is 13.5. The molecule has 1 amide bonds. The Balaban J connectivity index is 1.64. The van der Waals surface area contributed by atoms with Gasteiger partial charge in [-0.2, -0.15) is 8.78 Å². The molecule has 0 atom stereocenters. The number of fused-ring (bicyclic) bond motifs is 1. The van der Waals surface area contributed by atoms with E-state index in [4.69, 9.17) is 4.42 Å². The molecule has 146 valence electrons. The molecule has 1 aliphatic rings. The van der Waals surface area contributed by atoms with E-state index in [0.29, 0.717) is 24.2 Å². The molecular weight excluding hydrogens is 370 g/mol. The van der Waals surface area contributed by atoms with Crippen LogP contribution in [0.25, 0.3) is 22.2 Å². The number of likely N-dealkylation sites (tertiary alicyclic amines) is 1. The third kappa shape index (κ3) is 3.62. The molecule has 0 spiro atoms. The smallest absolute Gasteiger partial charge is 0.420 e. The molecule has 0 unspecified atom stereocenters. The van der Waals surface area contributed by atoms with E-state index < -0.39 is 12.4 Å². The van der Waals surface area contributed by atoms with E-state index in [1.54, 1.807) is 35.2 Å². The number of aromatic nitrogens is 1. The Kier molecular flexibility index (Phi) is 4.85. The number of hydrogen-bond donors (Lipinski definition) is 0. The minimum absolute atomic E-state index is 0.0660. The van der Waals surface area contributed by atoms with Gasteiger partial charge in [0.2, 0.25) is 5.91 Å². The van der Waals surface area contributed by atoms with E-state index in [2.05, 4.69) is 4.74 Å². The Labute approximate surface area is 158 Å². The summed E-state index contributed by atoms with van der Waals surface area (Å²) in [7, 11) is 0. The van der Waals surface area contributed by atoms with Crippen molar-refractivity contribution in [3.63, 3.8) is 0 Å². The first kappa shape index (κ1) is 18.2. The van der Waals surface area contributed by atoms with Crippen molar-refractivity contribution in [3.8, 4) is 16.9 Å². The summed E-state index contributed by atoms with van der Waals surface area (Å²) < 4.78 is 35.5. The first-order valence-corrected chi connectivity index (χ1v) is 8.98. The van der Waals surface area contributed by atoms with Crippen LogP contribution in [-0.2, 0) is 11.3 Å². The molecule has 0 saturated carbocycles. The summed E-state index contributed by atoms with van der Waals surface area (Å²) in [6, 6.07) is 11.4. The second-order valence-corrected chi connectivity index (χ2v) is 6.63. The van der Waals surface area contributed by atoms with E-state index in [0.717, 1.165) is 24.0 Å². The molecule has 2 aromatic carbocycles. The molecule has 1 fully saturated rings. The van der Waals surface area contributed by atoms with Gasteiger partial charge in [0.05, 0.1) is 5.52 Å². The minimum Gasteiger partial charge on any atom is -0.435 e. The summed E-state index contributed by atoms with van der Waals surface area (Å²) in [5.74, 6) is -0.627. The van der Waals surface area contributed by atoms with E-state index in [1.165, 1.54) is 16.7 Å². The van der Waals surface area contributed by atoms with E-state index >= 15 is 0 Å². The third-order valence-corrected chi connectivity index (χ3v) is 4.83. The number of amides is 1. The summed E-state index contributed by atoms with van der Waals surface area (Å²) in [6.07, 6.45) is 1.95. The van der Waals surface area contributed by atoms with Crippen LogP contribution < -0.4 is 10.5 Å². The predicted molar refractivity (Wildman–Crippen MR) is 98.4 cm³/mol. The van der Waals surface area contributed by atoms with Gasteiger partial charge in [0.15, 0.2) is 5.58 Å². The predicted octanol–water partition coefficient (Wildman–Crippen LogP) is 3.49. The Morgan fingerprint density at radius 1 is 1.07 bits per heavy atom. The SMILES string of the molecule is O=C(Cn1c(=O)oc2ccc(-c3ccc(OC(F)F)cc3)cc21)N1CCCC1.